The fourth-order valence-corrected chi connectivity index (χ4v) is 3.46. The van der Waals surface area contributed by atoms with Crippen molar-refractivity contribution in [2.75, 3.05) is 39.9 Å². The lowest BCUT2D eigenvalue weighted by Gasteiger charge is -2.41. The first-order valence-corrected chi connectivity index (χ1v) is 9.29. The summed E-state index contributed by atoms with van der Waals surface area (Å²) in [6, 6.07) is 8.98. The van der Waals surface area contributed by atoms with Crippen LogP contribution >= 0.6 is 0 Å². The van der Waals surface area contributed by atoms with E-state index < -0.39 is 0 Å². The van der Waals surface area contributed by atoms with Crippen molar-refractivity contribution in [3.63, 3.8) is 0 Å². The number of nitrogens with zero attached hydrogens (tertiary/aromatic N) is 2. The predicted octanol–water partition coefficient (Wildman–Crippen LogP) is 3.01. The van der Waals surface area contributed by atoms with Gasteiger partial charge in [0.25, 0.3) is 0 Å². The number of methoxy groups -OCH3 is 1. The smallest absolute Gasteiger partial charge is 0.131 e. The molecule has 1 fully saturated rings. The van der Waals surface area contributed by atoms with Crippen LogP contribution in [-0.2, 0) is 6.54 Å². The van der Waals surface area contributed by atoms with Gasteiger partial charge in [0.2, 0.25) is 0 Å². The minimum atomic E-state index is -0.249. The molecule has 1 aromatic heterocycles. The summed E-state index contributed by atoms with van der Waals surface area (Å²) in [4.78, 5) is 4.61. The van der Waals surface area contributed by atoms with Crippen LogP contribution in [-0.4, -0.2) is 60.8 Å². The largest absolute Gasteiger partial charge is 0.497 e. The van der Waals surface area contributed by atoms with E-state index in [1.807, 2.05) is 18.2 Å². The monoisotopic (exact) mass is 374 g/mol. The maximum absolute atomic E-state index is 14.3. The number of piperazine rings is 1. The van der Waals surface area contributed by atoms with Gasteiger partial charge < -0.3 is 14.3 Å². The molecular weight excluding hydrogens is 347 g/mol. The van der Waals surface area contributed by atoms with Crippen molar-refractivity contribution in [2.45, 2.75) is 19.0 Å². The van der Waals surface area contributed by atoms with E-state index in [1.165, 1.54) is 13.2 Å². The van der Waals surface area contributed by atoms with Crippen LogP contribution in [0.25, 0.3) is 6.08 Å². The summed E-state index contributed by atoms with van der Waals surface area (Å²) in [6.07, 6.45) is 6.40. The van der Waals surface area contributed by atoms with Gasteiger partial charge in [0.05, 0.1) is 13.4 Å². The molecule has 2 aromatic rings. The van der Waals surface area contributed by atoms with Crippen LogP contribution in [0.5, 0.6) is 5.75 Å². The summed E-state index contributed by atoms with van der Waals surface area (Å²) in [6.45, 7) is 4.08. The molecule has 27 heavy (non-hydrogen) atoms. The van der Waals surface area contributed by atoms with Gasteiger partial charge in [0.15, 0.2) is 0 Å². The standard InChI is InChI=1S/C21H27FN2O3/c1-26-20-7-6-17(21(22)14-20)15-24-11-10-23(16-18(24)8-12-25)9-2-4-19-5-3-13-27-19/h2-7,13-14,18,25H,8-12,15-16H2,1H3/b4-2+/t18-/m0/s1. The van der Waals surface area contributed by atoms with E-state index in [9.17, 15) is 9.50 Å². The molecular formula is C21H27FN2O3. The third-order valence-electron chi connectivity index (χ3n) is 4.97. The summed E-state index contributed by atoms with van der Waals surface area (Å²) >= 11 is 0. The highest BCUT2D eigenvalue weighted by Gasteiger charge is 2.26. The molecule has 1 aliphatic rings. The molecule has 3 rings (SSSR count). The van der Waals surface area contributed by atoms with Crippen LogP contribution < -0.4 is 4.74 Å². The molecule has 1 atom stereocenters. The van der Waals surface area contributed by atoms with Crippen molar-refractivity contribution in [1.82, 2.24) is 9.80 Å². The molecule has 2 heterocycles. The van der Waals surface area contributed by atoms with Crippen LogP contribution in [0.3, 0.4) is 0 Å². The Balaban J connectivity index is 1.59. The quantitative estimate of drug-likeness (QED) is 0.770. The number of hydrogen-bond donors (Lipinski definition) is 1. The second-order valence-corrected chi connectivity index (χ2v) is 6.77. The van der Waals surface area contributed by atoms with Crippen molar-refractivity contribution >= 4 is 6.08 Å². The van der Waals surface area contributed by atoms with E-state index in [4.69, 9.17) is 9.15 Å². The lowest BCUT2D eigenvalue weighted by molar-refractivity contribution is 0.0589. The van der Waals surface area contributed by atoms with Crippen LogP contribution in [0.2, 0.25) is 0 Å². The van der Waals surface area contributed by atoms with E-state index in [0.29, 0.717) is 24.3 Å². The molecule has 1 aliphatic heterocycles. The zero-order valence-corrected chi connectivity index (χ0v) is 15.7. The molecule has 1 N–H and O–H groups in total. The Labute approximate surface area is 159 Å². The summed E-state index contributed by atoms with van der Waals surface area (Å²) in [5, 5.41) is 9.45. The normalized spacial score (nSPS) is 19.0. The molecule has 1 saturated heterocycles. The summed E-state index contributed by atoms with van der Waals surface area (Å²) < 4.78 is 24.7. The second kappa shape index (κ2) is 9.69. The third-order valence-corrected chi connectivity index (χ3v) is 4.97. The van der Waals surface area contributed by atoms with Crippen molar-refractivity contribution in [3.05, 3.63) is 59.8 Å². The number of aliphatic hydroxyl groups excluding tert-OH is 1. The Bertz CT molecular complexity index is 733. The van der Waals surface area contributed by atoms with Crippen LogP contribution in [0, 0.1) is 5.82 Å². The van der Waals surface area contributed by atoms with Gasteiger partial charge in [-0.15, -0.1) is 0 Å². The average molecular weight is 374 g/mol. The Morgan fingerprint density at radius 1 is 1.33 bits per heavy atom. The SMILES string of the molecule is COc1ccc(CN2CCN(C/C=C/c3ccco3)C[C@@H]2CCO)c(F)c1. The fraction of sp³-hybridized carbons (Fsp3) is 0.429. The van der Waals surface area contributed by atoms with Crippen molar-refractivity contribution in [2.24, 2.45) is 0 Å². The molecule has 0 amide bonds. The number of ether oxygens (including phenoxy) is 1. The maximum Gasteiger partial charge on any atom is 0.131 e. The van der Waals surface area contributed by atoms with E-state index in [0.717, 1.165) is 31.9 Å². The van der Waals surface area contributed by atoms with Crippen molar-refractivity contribution in [3.8, 4) is 5.75 Å². The minimum Gasteiger partial charge on any atom is -0.497 e. The lowest BCUT2D eigenvalue weighted by Crippen LogP contribution is -2.52. The molecule has 0 radical (unpaired) electrons. The molecule has 6 heteroatoms. The van der Waals surface area contributed by atoms with Crippen LogP contribution in [0.15, 0.2) is 47.1 Å². The minimum absolute atomic E-state index is 0.127. The maximum atomic E-state index is 14.3. The third kappa shape index (κ3) is 5.42. The molecule has 0 bridgehead atoms. The molecule has 0 saturated carbocycles. The molecule has 146 valence electrons. The zero-order chi connectivity index (χ0) is 19.1. The first-order chi connectivity index (χ1) is 13.2. The van der Waals surface area contributed by atoms with E-state index in [1.54, 1.807) is 18.4 Å². The first-order valence-electron chi connectivity index (χ1n) is 9.29. The van der Waals surface area contributed by atoms with Gasteiger partial charge >= 0.3 is 0 Å². The molecule has 0 aliphatic carbocycles. The zero-order valence-electron chi connectivity index (χ0n) is 15.7. The highest BCUT2D eigenvalue weighted by Crippen LogP contribution is 2.21. The molecule has 5 nitrogen and oxygen atoms in total. The number of aliphatic hydroxyl groups is 1. The van der Waals surface area contributed by atoms with E-state index in [-0.39, 0.29) is 18.5 Å². The van der Waals surface area contributed by atoms with Gasteiger partial charge in [-0.3, -0.25) is 9.80 Å². The Kier molecular flexibility index (Phi) is 7.04. The van der Waals surface area contributed by atoms with Gasteiger partial charge in [0, 0.05) is 57.0 Å². The van der Waals surface area contributed by atoms with Gasteiger partial charge in [-0.1, -0.05) is 12.1 Å². The first kappa shape index (κ1) is 19.6. The van der Waals surface area contributed by atoms with Crippen LogP contribution in [0.1, 0.15) is 17.7 Å². The Hall–Kier alpha value is -2.15. The average Bonchev–Trinajstić information content (AvgIpc) is 3.19. The number of benzene rings is 1. The second-order valence-electron chi connectivity index (χ2n) is 6.77. The Morgan fingerprint density at radius 3 is 2.93 bits per heavy atom. The molecule has 0 spiro atoms. The molecule has 0 unspecified atom stereocenters. The van der Waals surface area contributed by atoms with Crippen molar-refractivity contribution in [1.29, 1.82) is 0 Å². The number of furan rings is 1. The van der Waals surface area contributed by atoms with Gasteiger partial charge in [0.1, 0.15) is 17.3 Å². The van der Waals surface area contributed by atoms with Gasteiger partial charge in [-0.2, -0.15) is 0 Å². The highest BCUT2D eigenvalue weighted by atomic mass is 19.1. The van der Waals surface area contributed by atoms with E-state index >= 15 is 0 Å². The Morgan fingerprint density at radius 2 is 2.22 bits per heavy atom. The molecule has 1 aromatic carbocycles. The van der Waals surface area contributed by atoms with Crippen molar-refractivity contribution < 1.29 is 18.7 Å². The summed E-state index contributed by atoms with van der Waals surface area (Å²) in [5.74, 6) is 1.12. The van der Waals surface area contributed by atoms with Gasteiger partial charge in [-0.05, 0) is 30.7 Å². The summed E-state index contributed by atoms with van der Waals surface area (Å²) in [5.41, 5.74) is 0.657. The highest BCUT2D eigenvalue weighted by molar-refractivity contribution is 5.42. The lowest BCUT2D eigenvalue weighted by atomic mass is 10.1. The number of halogens is 1. The summed E-state index contributed by atoms with van der Waals surface area (Å²) in [7, 11) is 1.53. The van der Waals surface area contributed by atoms with E-state index in [2.05, 4.69) is 15.9 Å². The number of hydrogen-bond acceptors (Lipinski definition) is 5. The number of rotatable bonds is 8. The topological polar surface area (TPSA) is 49.1 Å². The fourth-order valence-electron chi connectivity index (χ4n) is 3.46. The predicted molar refractivity (Wildman–Crippen MR) is 103 cm³/mol. The van der Waals surface area contributed by atoms with Crippen LogP contribution in [0.4, 0.5) is 4.39 Å². The van der Waals surface area contributed by atoms with Gasteiger partial charge in [-0.25, -0.2) is 4.39 Å².